The minimum atomic E-state index is 0.890. The summed E-state index contributed by atoms with van der Waals surface area (Å²) < 4.78 is 8.69. The minimum Gasteiger partial charge on any atom is -0.456 e. The number of rotatable bonds is 9. The molecule has 0 bridgehead atoms. The van der Waals surface area contributed by atoms with Gasteiger partial charge in [-0.2, -0.15) is 0 Å². The molecule has 0 amide bonds. The largest absolute Gasteiger partial charge is 0.456 e. The maximum atomic E-state index is 6.29. The number of fused-ring (bicyclic) bond motifs is 6. The second kappa shape index (κ2) is 16.9. The smallest absolute Gasteiger partial charge is 0.135 e. The van der Waals surface area contributed by atoms with Crippen molar-refractivity contribution < 1.29 is 4.42 Å². The third-order valence-electron chi connectivity index (χ3n) is 13.5. The number of anilines is 3. The van der Waals surface area contributed by atoms with E-state index in [2.05, 4.69) is 264 Å². The van der Waals surface area contributed by atoms with E-state index < -0.39 is 0 Å². The Morgan fingerprint density at radius 3 is 1.38 bits per heavy atom. The van der Waals surface area contributed by atoms with Gasteiger partial charge in [0.25, 0.3) is 0 Å². The van der Waals surface area contributed by atoms with Gasteiger partial charge in [-0.25, -0.2) is 0 Å². The molecular weight excluding hydrogens is 837 g/mol. The molecule has 69 heavy (non-hydrogen) atoms. The van der Waals surface area contributed by atoms with Crippen LogP contribution in [-0.4, -0.2) is 4.57 Å². The van der Waals surface area contributed by atoms with Gasteiger partial charge >= 0.3 is 0 Å². The Hall–Kier alpha value is -9.18. The van der Waals surface area contributed by atoms with Gasteiger partial charge in [-0.05, 0) is 165 Å². The zero-order valence-electron chi connectivity index (χ0n) is 37.7. The van der Waals surface area contributed by atoms with Crippen LogP contribution in [-0.2, 0) is 0 Å². The Morgan fingerprint density at radius 2 is 0.681 bits per heavy atom. The van der Waals surface area contributed by atoms with E-state index in [-0.39, 0.29) is 0 Å². The number of para-hydroxylation sites is 4. The van der Waals surface area contributed by atoms with Crippen molar-refractivity contribution in [1.82, 2.24) is 4.57 Å². The van der Waals surface area contributed by atoms with E-state index in [0.717, 1.165) is 89.2 Å². The normalized spacial score (nSPS) is 11.5. The zero-order chi connectivity index (χ0) is 45.7. The standard InChI is InChI=1S/C66H44N2O/c1-4-16-45(17-5-1)46-30-34-57(35-31-46)68-63-28-12-10-26-59(63)61-43-50(32-36-64(61)68)53-39-52(40-54(41-53)51-33-37-66-62(44-51)60-27-11-13-29-65(60)69-66)48-19-14-18-47(38-48)49-20-15-25-58(42-49)67(55-21-6-2-7-22-55)56-23-8-3-9-24-56/h1-44H. The minimum absolute atomic E-state index is 0.890. The topological polar surface area (TPSA) is 21.3 Å². The Bertz CT molecular complexity index is 3960. The molecule has 0 fully saturated rings. The fourth-order valence-corrected chi connectivity index (χ4v) is 10.2. The number of benzene rings is 11. The van der Waals surface area contributed by atoms with Crippen LogP contribution in [0.2, 0.25) is 0 Å². The van der Waals surface area contributed by atoms with Gasteiger partial charge in [0.1, 0.15) is 11.2 Å². The van der Waals surface area contributed by atoms with Crippen LogP contribution in [0.25, 0.3) is 105 Å². The Kier molecular flexibility index (Phi) is 9.84. The SMILES string of the molecule is c1ccc(-c2ccc(-n3c4ccccc4c4cc(-c5cc(-c6cccc(-c7cccc(N(c8ccccc8)c8ccccc8)c7)c6)cc(-c6ccc7oc8ccccc8c7c6)c5)ccc43)cc2)cc1. The summed E-state index contributed by atoms with van der Waals surface area (Å²) in [6.07, 6.45) is 0. The summed E-state index contributed by atoms with van der Waals surface area (Å²) in [6.45, 7) is 0. The first kappa shape index (κ1) is 40.1. The lowest BCUT2D eigenvalue weighted by Crippen LogP contribution is -2.09. The van der Waals surface area contributed by atoms with Crippen LogP contribution in [0.3, 0.4) is 0 Å². The zero-order valence-corrected chi connectivity index (χ0v) is 37.7. The van der Waals surface area contributed by atoms with Crippen LogP contribution in [0.15, 0.2) is 271 Å². The maximum absolute atomic E-state index is 6.29. The number of hydrogen-bond donors (Lipinski definition) is 0. The van der Waals surface area contributed by atoms with Crippen molar-refractivity contribution in [3.8, 4) is 61.3 Å². The van der Waals surface area contributed by atoms with Crippen LogP contribution < -0.4 is 4.90 Å². The highest BCUT2D eigenvalue weighted by Crippen LogP contribution is 2.41. The van der Waals surface area contributed by atoms with E-state index in [4.69, 9.17) is 4.42 Å². The third kappa shape index (κ3) is 7.34. The molecule has 3 nitrogen and oxygen atoms in total. The van der Waals surface area contributed by atoms with Gasteiger partial charge in [0.2, 0.25) is 0 Å². The van der Waals surface area contributed by atoms with Crippen LogP contribution in [0.1, 0.15) is 0 Å². The van der Waals surface area contributed by atoms with E-state index in [1.807, 2.05) is 12.1 Å². The van der Waals surface area contributed by atoms with Gasteiger partial charge < -0.3 is 13.9 Å². The Balaban J connectivity index is 0.944. The molecule has 0 aliphatic rings. The number of furan rings is 1. The molecule has 0 spiro atoms. The van der Waals surface area contributed by atoms with Gasteiger partial charge in [-0.15, -0.1) is 0 Å². The molecule has 2 heterocycles. The number of hydrogen-bond acceptors (Lipinski definition) is 2. The summed E-state index contributed by atoms with van der Waals surface area (Å²) in [6, 6.07) is 96.3. The van der Waals surface area contributed by atoms with E-state index in [9.17, 15) is 0 Å². The molecule has 324 valence electrons. The van der Waals surface area contributed by atoms with Crippen molar-refractivity contribution in [3.63, 3.8) is 0 Å². The highest BCUT2D eigenvalue weighted by molar-refractivity contribution is 6.11. The summed E-state index contributed by atoms with van der Waals surface area (Å²) in [5.74, 6) is 0. The van der Waals surface area contributed by atoms with Gasteiger partial charge in [-0.1, -0.05) is 158 Å². The molecule has 0 radical (unpaired) electrons. The first-order chi connectivity index (χ1) is 34.2. The summed E-state index contributed by atoms with van der Waals surface area (Å²) in [4.78, 5) is 2.32. The van der Waals surface area contributed by atoms with Crippen molar-refractivity contribution in [1.29, 1.82) is 0 Å². The van der Waals surface area contributed by atoms with Gasteiger partial charge in [-0.3, -0.25) is 0 Å². The highest BCUT2D eigenvalue weighted by Gasteiger charge is 2.17. The lowest BCUT2D eigenvalue weighted by Gasteiger charge is -2.26. The molecule has 0 saturated carbocycles. The molecule has 0 aliphatic carbocycles. The molecule has 13 rings (SSSR count). The predicted molar refractivity (Wildman–Crippen MR) is 290 cm³/mol. The van der Waals surface area contributed by atoms with E-state index in [0.29, 0.717) is 0 Å². The molecule has 0 saturated heterocycles. The van der Waals surface area contributed by atoms with Crippen molar-refractivity contribution in [2.45, 2.75) is 0 Å². The van der Waals surface area contributed by atoms with Crippen molar-refractivity contribution in [2.24, 2.45) is 0 Å². The third-order valence-corrected chi connectivity index (χ3v) is 13.5. The maximum Gasteiger partial charge on any atom is 0.135 e. The molecule has 13 aromatic rings. The van der Waals surface area contributed by atoms with E-state index >= 15 is 0 Å². The number of aromatic nitrogens is 1. The molecule has 0 N–H and O–H groups in total. The fourth-order valence-electron chi connectivity index (χ4n) is 10.2. The lowest BCUT2D eigenvalue weighted by molar-refractivity contribution is 0.669. The Labute approximate surface area is 401 Å². The fraction of sp³-hybridized carbons (Fsp3) is 0. The first-order valence-electron chi connectivity index (χ1n) is 23.6. The average Bonchev–Trinajstić information content (AvgIpc) is 3.97. The quantitative estimate of drug-likeness (QED) is 0.144. The summed E-state index contributed by atoms with van der Waals surface area (Å²) >= 11 is 0. The van der Waals surface area contributed by atoms with E-state index in [1.54, 1.807) is 0 Å². The van der Waals surface area contributed by atoms with Gasteiger partial charge in [0.05, 0.1) is 11.0 Å². The summed E-state index contributed by atoms with van der Waals surface area (Å²) in [5, 5.41) is 4.68. The van der Waals surface area contributed by atoms with Crippen molar-refractivity contribution in [2.75, 3.05) is 4.90 Å². The monoisotopic (exact) mass is 880 g/mol. The Morgan fingerprint density at radius 1 is 0.246 bits per heavy atom. The molecule has 0 unspecified atom stereocenters. The molecule has 11 aromatic carbocycles. The first-order valence-corrected chi connectivity index (χ1v) is 23.6. The molecule has 0 atom stereocenters. The van der Waals surface area contributed by atoms with Crippen LogP contribution in [0, 0.1) is 0 Å². The van der Waals surface area contributed by atoms with Gasteiger partial charge in [0.15, 0.2) is 0 Å². The molecule has 0 aliphatic heterocycles. The molecule has 3 heteroatoms. The number of nitrogens with zero attached hydrogens (tertiary/aromatic N) is 2. The van der Waals surface area contributed by atoms with Crippen molar-refractivity contribution in [3.05, 3.63) is 267 Å². The summed E-state index contributed by atoms with van der Waals surface area (Å²) in [7, 11) is 0. The van der Waals surface area contributed by atoms with Crippen LogP contribution >= 0.6 is 0 Å². The van der Waals surface area contributed by atoms with Crippen molar-refractivity contribution >= 4 is 60.8 Å². The van der Waals surface area contributed by atoms with E-state index in [1.165, 1.54) is 32.9 Å². The van der Waals surface area contributed by atoms with Crippen LogP contribution in [0.4, 0.5) is 17.1 Å². The summed E-state index contributed by atoms with van der Waals surface area (Å²) in [5.41, 5.74) is 20.2. The molecular formula is C66H44N2O. The molecule has 2 aromatic heterocycles. The van der Waals surface area contributed by atoms with Gasteiger partial charge in [0, 0.05) is 44.3 Å². The lowest BCUT2D eigenvalue weighted by atomic mass is 9.91. The highest BCUT2D eigenvalue weighted by atomic mass is 16.3. The average molecular weight is 881 g/mol. The second-order valence-corrected chi connectivity index (χ2v) is 17.7. The second-order valence-electron chi connectivity index (χ2n) is 17.7. The predicted octanol–water partition coefficient (Wildman–Crippen LogP) is 18.5. The van der Waals surface area contributed by atoms with Crippen LogP contribution in [0.5, 0.6) is 0 Å².